The first-order chi connectivity index (χ1) is 15.6. The molecule has 1 aliphatic rings. The summed E-state index contributed by atoms with van der Waals surface area (Å²) in [6, 6.07) is 17.4. The van der Waals surface area contributed by atoms with Gasteiger partial charge in [-0.1, -0.05) is 65.9 Å². The van der Waals surface area contributed by atoms with Crippen molar-refractivity contribution in [2.75, 3.05) is 19.8 Å². The summed E-state index contributed by atoms with van der Waals surface area (Å²) in [5.74, 6) is -0.0778. The van der Waals surface area contributed by atoms with Gasteiger partial charge in [0.1, 0.15) is 4.32 Å². The van der Waals surface area contributed by atoms with Gasteiger partial charge in [0.2, 0.25) is 0 Å². The molecule has 0 saturated carbocycles. The molecule has 3 aromatic rings. The number of thiocarbonyl (C=S) groups is 1. The number of halogens is 1. The van der Waals surface area contributed by atoms with Gasteiger partial charge in [-0.05, 0) is 43.7 Å². The quantitative estimate of drug-likeness (QED) is 0.229. The number of aromatic nitrogens is 2. The fourth-order valence-electron chi connectivity index (χ4n) is 3.34. The van der Waals surface area contributed by atoms with E-state index in [9.17, 15) is 4.79 Å². The molecule has 164 valence electrons. The van der Waals surface area contributed by atoms with Crippen LogP contribution in [-0.2, 0) is 9.53 Å². The molecule has 1 saturated heterocycles. The highest BCUT2D eigenvalue weighted by Crippen LogP contribution is 2.35. The van der Waals surface area contributed by atoms with Crippen LogP contribution < -0.4 is 0 Å². The lowest BCUT2D eigenvalue weighted by atomic mass is 10.1. The number of hydrogen-bond acceptors (Lipinski definition) is 5. The Kier molecular flexibility index (Phi) is 7.42. The average Bonchev–Trinajstić information content (AvgIpc) is 3.34. The monoisotopic (exact) mass is 483 g/mol. The van der Waals surface area contributed by atoms with E-state index < -0.39 is 0 Å². The summed E-state index contributed by atoms with van der Waals surface area (Å²) >= 11 is 12.9. The minimum atomic E-state index is -0.0778. The summed E-state index contributed by atoms with van der Waals surface area (Å²) in [5.41, 5.74) is 3.46. The number of rotatable bonds is 8. The van der Waals surface area contributed by atoms with Crippen LogP contribution in [0, 0.1) is 0 Å². The van der Waals surface area contributed by atoms with Crippen molar-refractivity contribution in [3.05, 3.63) is 76.3 Å². The summed E-state index contributed by atoms with van der Waals surface area (Å²) in [7, 11) is 0. The second-order valence-electron chi connectivity index (χ2n) is 7.10. The van der Waals surface area contributed by atoms with E-state index in [1.165, 1.54) is 11.8 Å². The minimum Gasteiger partial charge on any atom is -0.382 e. The normalized spacial score (nSPS) is 15.2. The first kappa shape index (κ1) is 22.7. The number of hydrogen-bond donors (Lipinski definition) is 0. The van der Waals surface area contributed by atoms with Gasteiger partial charge in [-0.2, -0.15) is 5.10 Å². The Hall–Kier alpha value is -2.45. The first-order valence-electron chi connectivity index (χ1n) is 10.3. The van der Waals surface area contributed by atoms with Crippen LogP contribution in [0.4, 0.5) is 0 Å². The van der Waals surface area contributed by atoms with Crippen molar-refractivity contribution in [3.8, 4) is 16.9 Å². The summed E-state index contributed by atoms with van der Waals surface area (Å²) in [6.45, 7) is 3.78. The molecule has 1 amide bonds. The van der Waals surface area contributed by atoms with E-state index in [0.29, 0.717) is 34.0 Å². The Morgan fingerprint density at radius 1 is 1.16 bits per heavy atom. The molecule has 5 nitrogen and oxygen atoms in total. The number of nitrogens with zero attached hydrogens (tertiary/aromatic N) is 3. The van der Waals surface area contributed by atoms with Crippen LogP contribution >= 0.6 is 35.6 Å². The van der Waals surface area contributed by atoms with Gasteiger partial charge in [0.15, 0.2) is 0 Å². The Bertz CT molecular complexity index is 1140. The van der Waals surface area contributed by atoms with Crippen molar-refractivity contribution in [1.82, 2.24) is 14.7 Å². The average molecular weight is 484 g/mol. The summed E-state index contributed by atoms with van der Waals surface area (Å²) < 4.78 is 7.77. The van der Waals surface area contributed by atoms with Gasteiger partial charge in [-0.3, -0.25) is 9.69 Å². The van der Waals surface area contributed by atoms with Crippen LogP contribution in [0.5, 0.6) is 0 Å². The molecule has 1 fully saturated rings. The van der Waals surface area contributed by atoms with E-state index in [1.807, 2.05) is 78.5 Å². The predicted octanol–water partition coefficient (Wildman–Crippen LogP) is 5.82. The van der Waals surface area contributed by atoms with E-state index in [2.05, 4.69) is 0 Å². The van der Waals surface area contributed by atoms with Crippen LogP contribution in [0.15, 0.2) is 65.7 Å². The Labute approximate surface area is 202 Å². The topological polar surface area (TPSA) is 47.4 Å². The third kappa shape index (κ3) is 5.13. The lowest BCUT2D eigenvalue weighted by Gasteiger charge is -2.13. The Morgan fingerprint density at radius 3 is 2.62 bits per heavy atom. The lowest BCUT2D eigenvalue weighted by Crippen LogP contribution is -2.29. The number of benzene rings is 2. The van der Waals surface area contributed by atoms with Gasteiger partial charge >= 0.3 is 0 Å². The maximum absolute atomic E-state index is 13.0. The molecule has 0 bridgehead atoms. The summed E-state index contributed by atoms with van der Waals surface area (Å²) in [6.07, 6.45) is 4.55. The number of ether oxygens (including phenoxy) is 1. The summed E-state index contributed by atoms with van der Waals surface area (Å²) in [4.78, 5) is 15.3. The van der Waals surface area contributed by atoms with Gasteiger partial charge in [-0.25, -0.2) is 4.68 Å². The number of thioether (sulfide) groups is 1. The van der Waals surface area contributed by atoms with E-state index >= 15 is 0 Å². The van der Waals surface area contributed by atoms with Crippen molar-refractivity contribution in [1.29, 1.82) is 0 Å². The molecule has 0 N–H and O–H groups in total. The third-order valence-corrected chi connectivity index (χ3v) is 6.55. The van der Waals surface area contributed by atoms with Crippen molar-refractivity contribution >= 4 is 51.9 Å². The molecule has 1 aromatic heterocycles. The fraction of sp³-hybridized carbons (Fsp3) is 0.208. The lowest BCUT2D eigenvalue weighted by molar-refractivity contribution is -0.122. The molecule has 0 spiro atoms. The van der Waals surface area contributed by atoms with E-state index in [-0.39, 0.29) is 5.91 Å². The van der Waals surface area contributed by atoms with Gasteiger partial charge in [0.25, 0.3) is 5.91 Å². The Balaban J connectivity index is 1.67. The maximum atomic E-state index is 13.0. The molecule has 8 heteroatoms. The molecular formula is C24H22ClN3O2S2. The van der Waals surface area contributed by atoms with Gasteiger partial charge < -0.3 is 4.74 Å². The molecule has 1 aliphatic heterocycles. The second kappa shape index (κ2) is 10.4. The van der Waals surface area contributed by atoms with Gasteiger partial charge in [0, 0.05) is 42.1 Å². The number of amides is 1. The van der Waals surface area contributed by atoms with Crippen LogP contribution in [0.2, 0.25) is 5.02 Å². The molecule has 0 radical (unpaired) electrons. The third-order valence-electron chi connectivity index (χ3n) is 4.92. The molecule has 32 heavy (non-hydrogen) atoms. The number of para-hydroxylation sites is 1. The SMILES string of the molecule is CCOCCCN1C(=O)C(=Cc2cn(-c3ccccc3)nc2-c2ccc(Cl)cc2)SC1=S. The summed E-state index contributed by atoms with van der Waals surface area (Å²) in [5, 5.41) is 5.46. The molecule has 0 atom stereocenters. The van der Waals surface area contributed by atoms with Gasteiger partial charge in [0.05, 0.1) is 16.3 Å². The molecule has 4 rings (SSSR count). The van der Waals surface area contributed by atoms with Crippen LogP contribution in [0.1, 0.15) is 18.9 Å². The van der Waals surface area contributed by atoms with E-state index in [0.717, 1.165) is 28.9 Å². The zero-order valence-corrected chi connectivity index (χ0v) is 19.9. The van der Waals surface area contributed by atoms with E-state index in [1.54, 1.807) is 4.90 Å². The largest absolute Gasteiger partial charge is 0.382 e. The van der Waals surface area contributed by atoms with Crippen molar-refractivity contribution in [3.63, 3.8) is 0 Å². The smallest absolute Gasteiger partial charge is 0.266 e. The molecule has 0 aliphatic carbocycles. The zero-order chi connectivity index (χ0) is 22.5. The molecule has 0 unspecified atom stereocenters. The van der Waals surface area contributed by atoms with Crippen LogP contribution in [0.3, 0.4) is 0 Å². The first-order valence-corrected chi connectivity index (χ1v) is 11.9. The molecule has 2 heterocycles. The number of carbonyl (C=O) groups is 1. The van der Waals surface area contributed by atoms with E-state index in [4.69, 9.17) is 33.7 Å². The molecular weight excluding hydrogens is 462 g/mol. The zero-order valence-electron chi connectivity index (χ0n) is 17.5. The van der Waals surface area contributed by atoms with Crippen molar-refractivity contribution in [2.45, 2.75) is 13.3 Å². The highest BCUT2D eigenvalue weighted by Gasteiger charge is 2.32. The minimum absolute atomic E-state index is 0.0778. The van der Waals surface area contributed by atoms with Crippen molar-refractivity contribution in [2.24, 2.45) is 0 Å². The maximum Gasteiger partial charge on any atom is 0.266 e. The highest BCUT2D eigenvalue weighted by atomic mass is 35.5. The Morgan fingerprint density at radius 2 is 1.91 bits per heavy atom. The fourth-order valence-corrected chi connectivity index (χ4v) is 4.77. The number of carbonyl (C=O) groups excluding carboxylic acids is 1. The van der Waals surface area contributed by atoms with Gasteiger partial charge in [-0.15, -0.1) is 0 Å². The molecule has 2 aromatic carbocycles. The predicted molar refractivity (Wildman–Crippen MR) is 135 cm³/mol. The van der Waals surface area contributed by atoms with Crippen molar-refractivity contribution < 1.29 is 9.53 Å². The van der Waals surface area contributed by atoms with Crippen LogP contribution in [0.25, 0.3) is 23.0 Å². The standard InChI is InChI=1S/C24H22ClN3O2S2/c1-2-30-14-6-13-27-23(29)21(32-24(27)31)15-18-16-28(20-7-4-3-5-8-20)26-22(18)17-9-11-19(25)12-10-17/h3-5,7-12,15-16H,2,6,13-14H2,1H3. The second-order valence-corrected chi connectivity index (χ2v) is 9.22. The highest BCUT2D eigenvalue weighted by molar-refractivity contribution is 8.26. The van der Waals surface area contributed by atoms with Crippen LogP contribution in [-0.4, -0.2) is 44.7 Å².